The maximum atomic E-state index is 11.7. The lowest BCUT2D eigenvalue weighted by atomic mass is 10.2. The fourth-order valence-electron chi connectivity index (χ4n) is 1.24. The molecule has 1 N–H and O–H groups in total. The molecular weight excluding hydrogens is 214 g/mol. The second-order valence-electron chi connectivity index (χ2n) is 3.31. The molecule has 1 unspecified atom stereocenters. The standard InChI is InChI=1S/C11H14ClNO2/c1-8(7-15-2)13-11(14)9-5-3-4-6-10(9)12/h3-6,8H,7H2,1-2H3,(H,13,14). The van der Waals surface area contributed by atoms with Gasteiger partial charge in [0.2, 0.25) is 0 Å². The summed E-state index contributed by atoms with van der Waals surface area (Å²) in [6.45, 7) is 2.36. The molecule has 1 atom stereocenters. The lowest BCUT2D eigenvalue weighted by Gasteiger charge is -2.13. The molecule has 0 bridgehead atoms. The van der Waals surface area contributed by atoms with Crippen molar-refractivity contribution in [3.05, 3.63) is 34.9 Å². The summed E-state index contributed by atoms with van der Waals surface area (Å²) in [5.41, 5.74) is 0.488. The summed E-state index contributed by atoms with van der Waals surface area (Å²) < 4.78 is 4.92. The first-order chi connectivity index (χ1) is 7.15. The van der Waals surface area contributed by atoms with Crippen molar-refractivity contribution in [3.63, 3.8) is 0 Å². The molecule has 0 aliphatic carbocycles. The van der Waals surface area contributed by atoms with Crippen LogP contribution in [0.2, 0.25) is 5.02 Å². The number of methoxy groups -OCH3 is 1. The summed E-state index contributed by atoms with van der Waals surface area (Å²) in [4.78, 5) is 11.7. The minimum Gasteiger partial charge on any atom is -0.383 e. The lowest BCUT2D eigenvalue weighted by molar-refractivity contribution is 0.0905. The number of rotatable bonds is 4. The Hall–Kier alpha value is -1.06. The summed E-state index contributed by atoms with van der Waals surface area (Å²) in [6, 6.07) is 6.92. The Balaban J connectivity index is 2.65. The Bertz CT molecular complexity index is 341. The highest BCUT2D eigenvalue weighted by molar-refractivity contribution is 6.33. The molecule has 3 nitrogen and oxygen atoms in total. The van der Waals surface area contributed by atoms with Crippen LogP contribution in [0.3, 0.4) is 0 Å². The van der Waals surface area contributed by atoms with Gasteiger partial charge in [-0.3, -0.25) is 4.79 Å². The quantitative estimate of drug-likeness (QED) is 0.856. The van der Waals surface area contributed by atoms with Crippen molar-refractivity contribution in [2.24, 2.45) is 0 Å². The van der Waals surface area contributed by atoms with Crippen LogP contribution in [0.25, 0.3) is 0 Å². The normalized spacial score (nSPS) is 12.2. The predicted octanol–water partition coefficient (Wildman–Crippen LogP) is 2.10. The number of hydrogen-bond acceptors (Lipinski definition) is 2. The number of carbonyl (C=O) groups is 1. The van der Waals surface area contributed by atoms with Crippen LogP contribution in [-0.2, 0) is 4.74 Å². The molecule has 1 rings (SSSR count). The van der Waals surface area contributed by atoms with Crippen LogP contribution in [0.5, 0.6) is 0 Å². The summed E-state index contributed by atoms with van der Waals surface area (Å²) in [5, 5.41) is 3.25. The molecule has 82 valence electrons. The van der Waals surface area contributed by atoms with Gasteiger partial charge in [0.1, 0.15) is 0 Å². The smallest absolute Gasteiger partial charge is 0.253 e. The van der Waals surface area contributed by atoms with Gasteiger partial charge in [0, 0.05) is 13.2 Å². The molecule has 0 radical (unpaired) electrons. The van der Waals surface area contributed by atoms with Crippen LogP contribution in [-0.4, -0.2) is 25.7 Å². The van der Waals surface area contributed by atoms with Crippen LogP contribution in [0.15, 0.2) is 24.3 Å². The van der Waals surface area contributed by atoms with Crippen LogP contribution < -0.4 is 5.32 Å². The Morgan fingerprint density at radius 3 is 2.80 bits per heavy atom. The number of benzene rings is 1. The van der Waals surface area contributed by atoms with Gasteiger partial charge in [-0.1, -0.05) is 23.7 Å². The van der Waals surface area contributed by atoms with E-state index in [1.54, 1.807) is 31.4 Å². The first-order valence-electron chi connectivity index (χ1n) is 4.69. The Morgan fingerprint density at radius 2 is 2.20 bits per heavy atom. The highest BCUT2D eigenvalue weighted by Crippen LogP contribution is 2.14. The van der Waals surface area contributed by atoms with Gasteiger partial charge < -0.3 is 10.1 Å². The molecule has 4 heteroatoms. The average molecular weight is 228 g/mol. The van der Waals surface area contributed by atoms with Crippen LogP contribution in [0.1, 0.15) is 17.3 Å². The van der Waals surface area contributed by atoms with Crippen molar-refractivity contribution in [3.8, 4) is 0 Å². The second-order valence-corrected chi connectivity index (χ2v) is 3.72. The van der Waals surface area contributed by atoms with E-state index in [1.807, 2.05) is 6.92 Å². The maximum Gasteiger partial charge on any atom is 0.253 e. The minimum absolute atomic E-state index is 0.0289. The largest absolute Gasteiger partial charge is 0.383 e. The van der Waals surface area contributed by atoms with Crippen LogP contribution in [0, 0.1) is 0 Å². The van der Waals surface area contributed by atoms with E-state index in [9.17, 15) is 4.79 Å². The Morgan fingerprint density at radius 1 is 1.53 bits per heavy atom. The summed E-state index contributed by atoms with van der Waals surface area (Å²) in [5.74, 6) is -0.176. The molecule has 0 aromatic heterocycles. The fraction of sp³-hybridized carbons (Fsp3) is 0.364. The maximum absolute atomic E-state index is 11.7. The summed E-state index contributed by atoms with van der Waals surface area (Å²) >= 11 is 5.89. The second kappa shape index (κ2) is 5.73. The van der Waals surface area contributed by atoms with Crippen molar-refractivity contribution in [1.82, 2.24) is 5.32 Å². The van der Waals surface area contributed by atoms with Gasteiger partial charge in [-0.25, -0.2) is 0 Å². The number of ether oxygens (including phenoxy) is 1. The van der Waals surface area contributed by atoms with E-state index < -0.39 is 0 Å². The van der Waals surface area contributed by atoms with Crippen molar-refractivity contribution in [1.29, 1.82) is 0 Å². The molecule has 1 amide bonds. The summed E-state index contributed by atoms with van der Waals surface area (Å²) in [7, 11) is 1.60. The van der Waals surface area contributed by atoms with Crippen LogP contribution in [0.4, 0.5) is 0 Å². The highest BCUT2D eigenvalue weighted by Gasteiger charge is 2.11. The third-order valence-corrected chi connectivity index (χ3v) is 2.24. The molecule has 0 spiro atoms. The Labute approximate surface area is 94.4 Å². The first kappa shape index (κ1) is 12.0. The van der Waals surface area contributed by atoms with Gasteiger partial charge in [0.15, 0.2) is 0 Å². The predicted molar refractivity (Wildman–Crippen MR) is 60.3 cm³/mol. The molecule has 15 heavy (non-hydrogen) atoms. The highest BCUT2D eigenvalue weighted by atomic mass is 35.5. The van der Waals surface area contributed by atoms with Gasteiger partial charge in [-0.05, 0) is 19.1 Å². The third-order valence-electron chi connectivity index (χ3n) is 1.91. The summed E-state index contributed by atoms with van der Waals surface area (Å²) in [6.07, 6.45) is 0. The lowest BCUT2D eigenvalue weighted by Crippen LogP contribution is -2.35. The van der Waals surface area contributed by atoms with Crippen molar-refractivity contribution < 1.29 is 9.53 Å². The molecule has 1 aromatic carbocycles. The zero-order chi connectivity index (χ0) is 11.3. The van der Waals surface area contributed by atoms with E-state index in [-0.39, 0.29) is 11.9 Å². The van der Waals surface area contributed by atoms with Gasteiger partial charge in [-0.2, -0.15) is 0 Å². The minimum atomic E-state index is -0.176. The Kier molecular flexibility index (Phi) is 4.59. The van der Waals surface area contributed by atoms with Gasteiger partial charge in [0.25, 0.3) is 5.91 Å². The van der Waals surface area contributed by atoms with Gasteiger partial charge >= 0.3 is 0 Å². The number of halogens is 1. The monoisotopic (exact) mass is 227 g/mol. The zero-order valence-corrected chi connectivity index (χ0v) is 9.54. The van der Waals surface area contributed by atoms with E-state index in [0.29, 0.717) is 17.2 Å². The van der Waals surface area contributed by atoms with Crippen molar-refractivity contribution >= 4 is 17.5 Å². The molecule has 0 aliphatic heterocycles. The number of carbonyl (C=O) groups excluding carboxylic acids is 1. The van der Waals surface area contributed by atoms with Gasteiger partial charge in [0.05, 0.1) is 17.2 Å². The third kappa shape index (κ3) is 3.53. The molecule has 0 saturated carbocycles. The van der Waals surface area contributed by atoms with E-state index in [4.69, 9.17) is 16.3 Å². The molecular formula is C11H14ClNO2. The molecule has 0 heterocycles. The number of amides is 1. The molecule has 0 fully saturated rings. The SMILES string of the molecule is COCC(C)NC(=O)c1ccccc1Cl. The molecule has 0 saturated heterocycles. The van der Waals surface area contributed by atoms with E-state index in [0.717, 1.165) is 0 Å². The van der Waals surface area contributed by atoms with Gasteiger partial charge in [-0.15, -0.1) is 0 Å². The van der Waals surface area contributed by atoms with Crippen LogP contribution >= 0.6 is 11.6 Å². The topological polar surface area (TPSA) is 38.3 Å². The molecule has 1 aromatic rings. The number of nitrogens with one attached hydrogen (secondary N) is 1. The van der Waals surface area contributed by atoms with E-state index >= 15 is 0 Å². The first-order valence-corrected chi connectivity index (χ1v) is 5.07. The average Bonchev–Trinajstić information content (AvgIpc) is 2.18. The fourth-order valence-corrected chi connectivity index (χ4v) is 1.46. The van der Waals surface area contributed by atoms with E-state index in [1.165, 1.54) is 0 Å². The number of hydrogen-bond donors (Lipinski definition) is 1. The van der Waals surface area contributed by atoms with E-state index in [2.05, 4.69) is 5.32 Å². The van der Waals surface area contributed by atoms with Crippen molar-refractivity contribution in [2.45, 2.75) is 13.0 Å². The zero-order valence-electron chi connectivity index (χ0n) is 8.79. The molecule has 0 aliphatic rings. The van der Waals surface area contributed by atoms with Crippen molar-refractivity contribution in [2.75, 3.05) is 13.7 Å².